The molecule has 0 atom stereocenters. The number of thiophene rings is 2. The number of hydrogen-bond donors (Lipinski definition) is 0. The summed E-state index contributed by atoms with van der Waals surface area (Å²) in [5.41, 5.74) is 2.11. The maximum absolute atomic E-state index is 6.03. The minimum atomic E-state index is 0.731. The molecule has 5 rings (SSSR count). The normalized spacial score (nSPS) is 11.3. The average Bonchev–Trinajstić information content (AvgIpc) is 3.47. The molecule has 3 nitrogen and oxygen atoms in total. The zero-order valence-electron chi connectivity index (χ0n) is 14.1. The number of nitrogens with zero attached hydrogens (tertiary/aromatic N) is 2. The Labute approximate surface area is 172 Å². The Morgan fingerprint density at radius 3 is 1.63 bits per heavy atom. The van der Waals surface area contributed by atoms with Crippen molar-refractivity contribution in [1.82, 2.24) is 9.97 Å². The first kappa shape index (κ1) is 17.1. The van der Waals surface area contributed by atoms with E-state index < -0.39 is 0 Å². The molecule has 0 unspecified atom stereocenters. The molecule has 0 fully saturated rings. The average molecular weight is 427 g/mol. The van der Waals surface area contributed by atoms with Gasteiger partial charge < -0.3 is 4.42 Å². The van der Waals surface area contributed by atoms with Gasteiger partial charge >= 0.3 is 0 Å². The molecule has 0 amide bonds. The van der Waals surface area contributed by atoms with Crippen molar-refractivity contribution in [2.24, 2.45) is 0 Å². The number of thiazole rings is 2. The maximum Gasteiger partial charge on any atom is 0.111 e. The largest absolute Gasteiger partial charge is 0.465 e. The Hall–Kier alpha value is -2.06. The van der Waals surface area contributed by atoms with Gasteiger partial charge in [0.05, 0.1) is 34.0 Å². The predicted octanol–water partition coefficient (Wildman–Crippen LogP) is 6.83. The predicted molar refractivity (Wildman–Crippen MR) is 115 cm³/mol. The molecule has 0 aliphatic carbocycles. The van der Waals surface area contributed by atoms with E-state index in [9.17, 15) is 0 Å². The lowest BCUT2D eigenvalue weighted by molar-refractivity contribution is 0.481. The molecule has 7 heteroatoms. The quantitative estimate of drug-likeness (QED) is 0.299. The van der Waals surface area contributed by atoms with Crippen LogP contribution in [-0.2, 0) is 12.8 Å². The first-order valence-electron chi connectivity index (χ1n) is 8.37. The first-order valence-corrected chi connectivity index (χ1v) is 11.9. The van der Waals surface area contributed by atoms with Gasteiger partial charge in [-0.1, -0.05) is 12.1 Å². The molecular weight excluding hydrogens is 413 g/mol. The highest BCUT2D eigenvalue weighted by Crippen LogP contribution is 2.29. The summed E-state index contributed by atoms with van der Waals surface area (Å²) in [6.45, 7) is 0. The topological polar surface area (TPSA) is 38.9 Å². The van der Waals surface area contributed by atoms with Crippen LogP contribution >= 0.6 is 45.3 Å². The standard InChI is InChI=1S/C20H14N2OS4/c1-3-17(24-7-1)15-11-26-19(21-15)9-13-5-6-14(23-13)10-20-22-16(12-27-20)18-4-2-8-25-18/h1-8,11-12H,9-10H2. The summed E-state index contributed by atoms with van der Waals surface area (Å²) in [6.07, 6.45) is 1.46. The zero-order chi connectivity index (χ0) is 18.1. The van der Waals surface area contributed by atoms with E-state index in [1.807, 2.05) is 0 Å². The summed E-state index contributed by atoms with van der Waals surface area (Å²) in [5.74, 6) is 1.90. The smallest absolute Gasteiger partial charge is 0.111 e. The van der Waals surface area contributed by atoms with Crippen LogP contribution in [0.15, 0.2) is 62.3 Å². The lowest BCUT2D eigenvalue weighted by Crippen LogP contribution is -1.86. The van der Waals surface area contributed by atoms with Gasteiger partial charge in [-0.3, -0.25) is 0 Å². The number of rotatable bonds is 6. The van der Waals surface area contributed by atoms with E-state index in [1.54, 1.807) is 45.3 Å². The van der Waals surface area contributed by atoms with Gasteiger partial charge in [0.2, 0.25) is 0 Å². The monoisotopic (exact) mass is 426 g/mol. The summed E-state index contributed by atoms with van der Waals surface area (Å²) >= 11 is 6.80. The van der Waals surface area contributed by atoms with Crippen LogP contribution < -0.4 is 0 Å². The van der Waals surface area contributed by atoms with E-state index in [0.29, 0.717) is 0 Å². The summed E-state index contributed by atoms with van der Waals surface area (Å²) in [5, 5.41) is 10.5. The molecule has 0 aliphatic heterocycles. The Morgan fingerprint density at radius 2 is 1.19 bits per heavy atom. The summed E-state index contributed by atoms with van der Waals surface area (Å²) in [6, 6.07) is 12.4. The Morgan fingerprint density at radius 1 is 0.667 bits per heavy atom. The molecule has 5 aromatic rings. The van der Waals surface area contributed by atoms with E-state index in [0.717, 1.165) is 45.8 Å². The van der Waals surface area contributed by atoms with Gasteiger partial charge in [0, 0.05) is 10.8 Å². The van der Waals surface area contributed by atoms with E-state index in [2.05, 4.69) is 57.9 Å². The van der Waals surface area contributed by atoms with Crippen molar-refractivity contribution >= 4 is 45.3 Å². The fraction of sp³-hybridized carbons (Fsp3) is 0.100. The van der Waals surface area contributed by atoms with Crippen LogP contribution in [0.2, 0.25) is 0 Å². The second-order valence-corrected chi connectivity index (χ2v) is 9.71. The first-order chi connectivity index (χ1) is 13.3. The van der Waals surface area contributed by atoms with E-state index in [4.69, 9.17) is 14.4 Å². The van der Waals surface area contributed by atoms with Crippen LogP contribution in [0.4, 0.5) is 0 Å². The summed E-state index contributed by atoms with van der Waals surface area (Å²) in [4.78, 5) is 11.9. The lowest BCUT2D eigenvalue weighted by Gasteiger charge is -1.95. The van der Waals surface area contributed by atoms with Gasteiger partial charge in [0.15, 0.2) is 0 Å². The fourth-order valence-electron chi connectivity index (χ4n) is 2.77. The van der Waals surface area contributed by atoms with Gasteiger partial charge in [0.1, 0.15) is 21.5 Å². The van der Waals surface area contributed by atoms with Crippen LogP contribution in [-0.4, -0.2) is 9.97 Å². The van der Waals surface area contributed by atoms with Crippen molar-refractivity contribution in [3.05, 3.63) is 79.5 Å². The molecule has 0 saturated heterocycles. The second-order valence-electron chi connectivity index (χ2n) is 5.93. The van der Waals surface area contributed by atoms with E-state index in [1.165, 1.54) is 9.75 Å². The van der Waals surface area contributed by atoms with Crippen molar-refractivity contribution < 1.29 is 4.42 Å². The molecule has 5 aromatic heterocycles. The van der Waals surface area contributed by atoms with Crippen LogP contribution in [0.5, 0.6) is 0 Å². The van der Waals surface area contributed by atoms with Gasteiger partial charge in [-0.2, -0.15) is 0 Å². The van der Waals surface area contributed by atoms with Crippen LogP contribution in [0.3, 0.4) is 0 Å². The zero-order valence-corrected chi connectivity index (χ0v) is 17.4. The van der Waals surface area contributed by atoms with Crippen molar-refractivity contribution in [3.63, 3.8) is 0 Å². The van der Waals surface area contributed by atoms with E-state index >= 15 is 0 Å². The number of aromatic nitrogens is 2. The van der Waals surface area contributed by atoms with Gasteiger partial charge in [-0.05, 0) is 35.0 Å². The molecule has 0 aromatic carbocycles. The Balaban J connectivity index is 1.26. The van der Waals surface area contributed by atoms with Gasteiger partial charge in [-0.25, -0.2) is 9.97 Å². The third kappa shape index (κ3) is 3.82. The lowest BCUT2D eigenvalue weighted by atomic mass is 10.3. The highest BCUT2D eigenvalue weighted by molar-refractivity contribution is 7.15. The molecule has 0 radical (unpaired) electrons. The molecule has 0 spiro atoms. The summed E-state index contributed by atoms with van der Waals surface area (Å²) in [7, 11) is 0. The number of furan rings is 1. The fourth-order valence-corrected chi connectivity index (χ4v) is 5.90. The third-order valence-corrected chi connectivity index (χ3v) is 7.50. The third-order valence-electron chi connectivity index (χ3n) is 4.02. The maximum atomic E-state index is 6.03. The minimum absolute atomic E-state index is 0.731. The highest BCUT2D eigenvalue weighted by Gasteiger charge is 2.11. The molecule has 0 aliphatic rings. The van der Waals surface area contributed by atoms with Gasteiger partial charge in [-0.15, -0.1) is 45.3 Å². The SMILES string of the molecule is c1csc(-c2csc(Cc3ccc(Cc4nc(-c5cccs5)cs4)o3)n2)c1. The molecular formula is C20H14N2OS4. The molecule has 0 bridgehead atoms. The molecule has 0 saturated carbocycles. The molecule has 27 heavy (non-hydrogen) atoms. The molecule has 5 heterocycles. The van der Waals surface area contributed by atoms with E-state index in [-0.39, 0.29) is 0 Å². The molecule has 0 N–H and O–H groups in total. The number of hydrogen-bond acceptors (Lipinski definition) is 7. The molecule has 134 valence electrons. The van der Waals surface area contributed by atoms with Crippen molar-refractivity contribution in [2.75, 3.05) is 0 Å². The van der Waals surface area contributed by atoms with Crippen LogP contribution in [0.25, 0.3) is 21.1 Å². The van der Waals surface area contributed by atoms with Crippen LogP contribution in [0, 0.1) is 0 Å². The van der Waals surface area contributed by atoms with Crippen molar-refractivity contribution in [2.45, 2.75) is 12.8 Å². The Bertz CT molecular complexity index is 1040. The highest BCUT2D eigenvalue weighted by atomic mass is 32.1. The summed E-state index contributed by atoms with van der Waals surface area (Å²) < 4.78 is 6.03. The Kier molecular flexibility index (Phi) is 4.75. The van der Waals surface area contributed by atoms with Crippen molar-refractivity contribution in [3.8, 4) is 21.1 Å². The minimum Gasteiger partial charge on any atom is -0.465 e. The second kappa shape index (κ2) is 7.52. The van der Waals surface area contributed by atoms with Crippen molar-refractivity contribution in [1.29, 1.82) is 0 Å². The van der Waals surface area contributed by atoms with Gasteiger partial charge in [0.25, 0.3) is 0 Å². The van der Waals surface area contributed by atoms with Crippen LogP contribution in [0.1, 0.15) is 21.5 Å².